The third-order valence-corrected chi connectivity index (χ3v) is 4.33. The van der Waals surface area contributed by atoms with Gasteiger partial charge in [0.2, 0.25) is 0 Å². The zero-order valence-corrected chi connectivity index (χ0v) is 13.2. The summed E-state index contributed by atoms with van der Waals surface area (Å²) < 4.78 is 22.1. The first-order chi connectivity index (χ1) is 9.03. The molecule has 0 aromatic rings. The lowest BCUT2D eigenvalue weighted by Gasteiger charge is -2.29. The van der Waals surface area contributed by atoms with E-state index in [4.69, 9.17) is 5.11 Å². The van der Waals surface area contributed by atoms with Crippen molar-refractivity contribution in [1.82, 2.24) is 10.6 Å². The van der Waals surface area contributed by atoms with Crippen molar-refractivity contribution < 1.29 is 23.1 Å². The highest BCUT2D eigenvalue weighted by Gasteiger charge is 2.26. The van der Waals surface area contributed by atoms with Gasteiger partial charge in [-0.25, -0.2) is 18.0 Å². The molecule has 0 saturated carbocycles. The first-order valence-electron chi connectivity index (χ1n) is 6.52. The second-order valence-electron chi connectivity index (χ2n) is 5.18. The Morgan fingerprint density at radius 3 is 2.10 bits per heavy atom. The highest BCUT2D eigenvalue weighted by molar-refractivity contribution is 7.90. The summed E-state index contributed by atoms with van der Waals surface area (Å²) >= 11 is 0. The number of carbonyl (C=O) groups is 2. The van der Waals surface area contributed by atoms with Crippen molar-refractivity contribution in [3.63, 3.8) is 0 Å². The highest BCUT2D eigenvalue weighted by Crippen LogP contribution is 2.13. The van der Waals surface area contributed by atoms with Crippen molar-refractivity contribution in [3.8, 4) is 0 Å². The van der Waals surface area contributed by atoms with Crippen LogP contribution in [0.4, 0.5) is 4.79 Å². The molecule has 0 bridgehead atoms. The molecule has 0 saturated heterocycles. The molecule has 0 aromatic heterocycles. The molecule has 1 unspecified atom stereocenters. The van der Waals surface area contributed by atoms with Crippen molar-refractivity contribution in [2.45, 2.75) is 51.6 Å². The Morgan fingerprint density at radius 1 is 1.25 bits per heavy atom. The van der Waals surface area contributed by atoms with Gasteiger partial charge in [-0.2, -0.15) is 0 Å². The van der Waals surface area contributed by atoms with Crippen LogP contribution in [0.25, 0.3) is 0 Å². The summed E-state index contributed by atoms with van der Waals surface area (Å²) in [5.74, 6) is -1.54. The van der Waals surface area contributed by atoms with Gasteiger partial charge in [0.15, 0.2) is 0 Å². The van der Waals surface area contributed by atoms with Crippen LogP contribution in [-0.2, 0) is 14.6 Å². The molecular weight excluding hydrogens is 284 g/mol. The highest BCUT2D eigenvalue weighted by atomic mass is 32.2. The number of carboxylic acid groups (broad SMARTS) is 1. The molecule has 0 heterocycles. The normalized spacial score (nSPS) is 13.6. The third kappa shape index (κ3) is 7.32. The zero-order chi connectivity index (χ0) is 16.0. The van der Waals surface area contributed by atoms with Crippen LogP contribution in [0, 0.1) is 0 Å². The predicted octanol–water partition coefficient (Wildman–Crippen LogP) is 0.752. The van der Waals surface area contributed by atoms with Crippen LogP contribution in [0.2, 0.25) is 0 Å². The van der Waals surface area contributed by atoms with Gasteiger partial charge >= 0.3 is 12.0 Å². The summed E-state index contributed by atoms with van der Waals surface area (Å²) in [5.41, 5.74) is -0.413. The fourth-order valence-corrected chi connectivity index (χ4v) is 2.15. The Hall–Kier alpha value is -1.31. The van der Waals surface area contributed by atoms with Crippen LogP contribution in [0.5, 0.6) is 0 Å². The van der Waals surface area contributed by atoms with Gasteiger partial charge in [0.05, 0.1) is 5.75 Å². The largest absolute Gasteiger partial charge is 0.480 e. The quantitative estimate of drug-likeness (QED) is 0.612. The average molecular weight is 308 g/mol. The molecule has 7 nitrogen and oxygen atoms in total. The first-order valence-corrected chi connectivity index (χ1v) is 8.58. The summed E-state index contributed by atoms with van der Waals surface area (Å²) in [4.78, 5) is 22.8. The molecule has 0 spiro atoms. The number of sulfone groups is 1. The number of amides is 2. The fraction of sp³-hybridized carbons (Fsp3) is 0.833. The van der Waals surface area contributed by atoms with E-state index in [1.807, 2.05) is 20.8 Å². The average Bonchev–Trinajstić information content (AvgIpc) is 2.32. The van der Waals surface area contributed by atoms with Gasteiger partial charge in [0, 0.05) is 11.8 Å². The Morgan fingerprint density at radius 2 is 1.75 bits per heavy atom. The van der Waals surface area contributed by atoms with Crippen LogP contribution >= 0.6 is 0 Å². The third-order valence-electron chi connectivity index (χ3n) is 3.36. The van der Waals surface area contributed by atoms with Crippen LogP contribution in [-0.4, -0.2) is 49.1 Å². The summed E-state index contributed by atoms with van der Waals surface area (Å²) in [6, 6.07) is -1.82. The molecule has 0 aliphatic rings. The minimum absolute atomic E-state index is 0.156. The zero-order valence-electron chi connectivity index (χ0n) is 12.4. The molecule has 3 N–H and O–H groups in total. The van der Waals surface area contributed by atoms with E-state index in [0.29, 0.717) is 12.8 Å². The van der Waals surface area contributed by atoms with Crippen molar-refractivity contribution in [2.75, 3.05) is 12.0 Å². The molecule has 118 valence electrons. The number of urea groups is 1. The van der Waals surface area contributed by atoms with Gasteiger partial charge in [-0.15, -0.1) is 0 Å². The Balaban J connectivity index is 4.61. The van der Waals surface area contributed by atoms with Crippen LogP contribution < -0.4 is 10.6 Å². The molecule has 8 heteroatoms. The Bertz CT molecular complexity index is 443. The van der Waals surface area contributed by atoms with Crippen molar-refractivity contribution >= 4 is 21.8 Å². The van der Waals surface area contributed by atoms with Gasteiger partial charge in [0.25, 0.3) is 0 Å². The van der Waals surface area contributed by atoms with E-state index in [1.165, 1.54) is 0 Å². The van der Waals surface area contributed by atoms with Gasteiger partial charge in [-0.3, -0.25) is 0 Å². The van der Waals surface area contributed by atoms with Gasteiger partial charge in [-0.05, 0) is 26.2 Å². The topological polar surface area (TPSA) is 113 Å². The number of hydrogen-bond acceptors (Lipinski definition) is 4. The van der Waals surface area contributed by atoms with Crippen LogP contribution in [0.1, 0.15) is 40.0 Å². The smallest absolute Gasteiger partial charge is 0.326 e. The summed E-state index contributed by atoms with van der Waals surface area (Å²) in [7, 11) is -3.27. The van der Waals surface area contributed by atoms with Crippen molar-refractivity contribution in [3.05, 3.63) is 0 Å². The standard InChI is InChI=1S/C12H24N2O5S/c1-5-12(3,6-2)14-11(17)13-9(10(15)16)7-8-20(4,18)19/h9H,5-8H2,1-4H3,(H,15,16)(H2,13,14,17). The monoisotopic (exact) mass is 308 g/mol. The lowest BCUT2D eigenvalue weighted by atomic mass is 9.96. The van der Waals surface area contributed by atoms with Gasteiger partial charge in [0.1, 0.15) is 15.9 Å². The Labute approximate surface area is 120 Å². The minimum Gasteiger partial charge on any atom is -0.480 e. The summed E-state index contributed by atoms with van der Waals surface area (Å²) in [6.07, 6.45) is 2.28. The van der Waals surface area contributed by atoms with E-state index in [1.54, 1.807) is 0 Å². The minimum atomic E-state index is -3.27. The van der Waals surface area contributed by atoms with E-state index in [-0.39, 0.29) is 12.2 Å². The van der Waals surface area contributed by atoms with Crippen molar-refractivity contribution in [2.24, 2.45) is 0 Å². The summed E-state index contributed by atoms with van der Waals surface area (Å²) in [5, 5.41) is 14.0. The number of aliphatic carboxylic acids is 1. The van der Waals surface area contributed by atoms with Gasteiger partial charge in [-0.1, -0.05) is 13.8 Å². The molecule has 0 fully saturated rings. The molecule has 2 amide bonds. The van der Waals surface area contributed by atoms with Crippen LogP contribution in [0.15, 0.2) is 0 Å². The molecule has 1 atom stereocenters. The van der Waals surface area contributed by atoms with E-state index in [2.05, 4.69) is 10.6 Å². The summed E-state index contributed by atoms with van der Waals surface area (Å²) in [6.45, 7) is 5.70. The number of carbonyl (C=O) groups excluding carboxylic acids is 1. The van der Waals surface area contributed by atoms with Gasteiger partial charge < -0.3 is 15.7 Å². The maximum Gasteiger partial charge on any atom is 0.326 e. The fourth-order valence-electron chi connectivity index (χ4n) is 1.48. The van der Waals surface area contributed by atoms with E-state index < -0.39 is 33.4 Å². The van der Waals surface area contributed by atoms with E-state index in [0.717, 1.165) is 6.26 Å². The van der Waals surface area contributed by atoms with E-state index >= 15 is 0 Å². The predicted molar refractivity (Wildman–Crippen MR) is 76.4 cm³/mol. The number of nitrogens with one attached hydrogen (secondary N) is 2. The second kappa shape index (κ2) is 7.47. The molecule has 20 heavy (non-hydrogen) atoms. The lowest BCUT2D eigenvalue weighted by Crippen LogP contribution is -2.53. The maximum atomic E-state index is 11.8. The Kier molecular flexibility index (Phi) is 6.98. The maximum absolute atomic E-state index is 11.8. The molecule has 0 radical (unpaired) electrons. The van der Waals surface area contributed by atoms with Crippen LogP contribution in [0.3, 0.4) is 0 Å². The lowest BCUT2D eigenvalue weighted by molar-refractivity contribution is -0.139. The number of carboxylic acids is 1. The number of rotatable bonds is 8. The molecule has 0 aromatic carbocycles. The van der Waals surface area contributed by atoms with E-state index in [9.17, 15) is 18.0 Å². The molecular formula is C12H24N2O5S. The number of hydrogen-bond donors (Lipinski definition) is 3. The molecule has 0 aliphatic carbocycles. The van der Waals surface area contributed by atoms with Crippen molar-refractivity contribution in [1.29, 1.82) is 0 Å². The first kappa shape index (κ1) is 18.7. The SMILES string of the molecule is CCC(C)(CC)NC(=O)NC(CCS(C)(=O)=O)C(=O)O. The second-order valence-corrected chi connectivity index (χ2v) is 7.44. The molecule has 0 aliphatic heterocycles. The molecule has 0 rings (SSSR count).